The number of benzene rings is 3. The summed E-state index contributed by atoms with van der Waals surface area (Å²) < 4.78 is 46.4. The number of methoxy groups -OCH3 is 1. The van der Waals surface area contributed by atoms with Crippen LogP contribution in [0.25, 0.3) is 10.4 Å². The maximum absolute atomic E-state index is 14.4. The zero-order valence-electron chi connectivity index (χ0n) is 32.4. The first-order chi connectivity index (χ1) is 28.2. The average molecular weight is 808 g/mol. The summed E-state index contributed by atoms with van der Waals surface area (Å²) in [5.41, 5.74) is 11.2. The number of urea groups is 1. The number of azide groups is 1. The van der Waals surface area contributed by atoms with Gasteiger partial charge in [0.15, 0.2) is 0 Å². The zero-order chi connectivity index (χ0) is 41.4. The molecule has 0 radical (unpaired) electrons. The number of carbonyl (C=O) groups excluding carboxylic acids is 4. The van der Waals surface area contributed by atoms with E-state index in [0.717, 1.165) is 5.56 Å². The molecule has 18 heteroatoms. The fraction of sp³-hybridized carbons (Fsp3) is 0.450. The van der Waals surface area contributed by atoms with Gasteiger partial charge in [-0.25, -0.2) is 14.0 Å². The van der Waals surface area contributed by atoms with E-state index >= 15 is 0 Å². The molecule has 0 aliphatic carbocycles. The van der Waals surface area contributed by atoms with Crippen LogP contribution in [0.15, 0.2) is 77.9 Å². The summed E-state index contributed by atoms with van der Waals surface area (Å²) in [6, 6.07) is 19.4. The number of nitrogens with zero attached hydrogens (tertiary/aromatic N) is 4. The van der Waals surface area contributed by atoms with Crippen LogP contribution >= 0.6 is 0 Å². The number of rotatable bonds is 25. The fourth-order valence-electron chi connectivity index (χ4n) is 5.67. The molecular weight excluding hydrogens is 757 g/mol. The highest BCUT2D eigenvalue weighted by atomic mass is 19.1. The van der Waals surface area contributed by atoms with Crippen LogP contribution < -0.4 is 20.7 Å². The van der Waals surface area contributed by atoms with Crippen molar-refractivity contribution in [2.45, 2.75) is 38.0 Å². The molecule has 0 unspecified atom stereocenters. The van der Waals surface area contributed by atoms with Crippen molar-refractivity contribution in [3.8, 4) is 5.75 Å². The zero-order valence-corrected chi connectivity index (χ0v) is 32.4. The lowest BCUT2D eigenvalue weighted by atomic mass is 10.1. The molecule has 4 rings (SSSR count). The number of hydrogen-bond donors (Lipinski definition) is 3. The third-order valence-corrected chi connectivity index (χ3v) is 8.66. The molecule has 2 atom stereocenters. The van der Waals surface area contributed by atoms with Gasteiger partial charge in [0.1, 0.15) is 18.5 Å². The third kappa shape index (κ3) is 16.8. The molecule has 1 aliphatic heterocycles. The SMILES string of the molecule is COC(=O)c1ccc(OC[C@@H]2C[C@H](F)CN2C(=O)Cc2ccc(NC(=O)Nc3ccc(CNC(=O)CCOCCOCCOCCOCCN=[N+]=[N-])cc3)cc2)cc1. The Bertz CT molecular complexity index is 1780. The Balaban J connectivity index is 1.06. The first-order valence-electron chi connectivity index (χ1n) is 18.8. The van der Waals surface area contributed by atoms with E-state index < -0.39 is 24.2 Å². The van der Waals surface area contributed by atoms with E-state index in [9.17, 15) is 23.6 Å². The molecule has 1 heterocycles. The number of alkyl halides is 1. The van der Waals surface area contributed by atoms with Crippen molar-refractivity contribution in [1.82, 2.24) is 10.2 Å². The van der Waals surface area contributed by atoms with Gasteiger partial charge in [0.25, 0.3) is 0 Å². The predicted octanol–water partition coefficient (Wildman–Crippen LogP) is 5.06. The molecule has 312 valence electrons. The normalized spacial score (nSPS) is 14.6. The highest BCUT2D eigenvalue weighted by molar-refractivity contribution is 5.99. The summed E-state index contributed by atoms with van der Waals surface area (Å²) in [5.74, 6) is -0.364. The summed E-state index contributed by atoms with van der Waals surface area (Å²) in [7, 11) is 1.30. The minimum Gasteiger partial charge on any atom is -0.491 e. The van der Waals surface area contributed by atoms with Crippen molar-refractivity contribution < 1.29 is 52.0 Å². The molecule has 1 aliphatic rings. The summed E-state index contributed by atoms with van der Waals surface area (Å²) in [4.78, 5) is 53.8. The molecule has 0 bridgehead atoms. The number of halogens is 1. The molecule has 3 N–H and O–H groups in total. The molecule has 3 aromatic carbocycles. The van der Waals surface area contributed by atoms with E-state index in [-0.39, 0.29) is 50.8 Å². The minimum atomic E-state index is -1.16. The van der Waals surface area contributed by atoms with E-state index in [4.69, 9.17) is 34.0 Å². The van der Waals surface area contributed by atoms with Crippen molar-refractivity contribution >= 4 is 35.2 Å². The minimum absolute atomic E-state index is 0.0158. The lowest BCUT2D eigenvalue weighted by molar-refractivity contribution is -0.132. The summed E-state index contributed by atoms with van der Waals surface area (Å²) in [5, 5.41) is 11.7. The maximum atomic E-state index is 14.4. The first-order valence-corrected chi connectivity index (χ1v) is 18.8. The number of hydrogen-bond acceptors (Lipinski definition) is 11. The predicted molar refractivity (Wildman–Crippen MR) is 211 cm³/mol. The quantitative estimate of drug-likeness (QED) is 0.0341. The van der Waals surface area contributed by atoms with Gasteiger partial charge in [0.2, 0.25) is 11.8 Å². The molecule has 58 heavy (non-hydrogen) atoms. The van der Waals surface area contributed by atoms with Gasteiger partial charge in [-0.2, -0.15) is 0 Å². The molecule has 17 nitrogen and oxygen atoms in total. The van der Waals surface area contributed by atoms with E-state index in [1.807, 2.05) is 0 Å². The topological polar surface area (TPSA) is 212 Å². The Hall–Kier alpha value is -5.78. The van der Waals surface area contributed by atoms with Crippen molar-refractivity contribution in [2.75, 3.05) is 90.3 Å². The number of nitrogens with one attached hydrogen (secondary N) is 3. The number of amides is 4. The standard InChI is InChI=1S/C40H50FN7O10/c1-53-39(51)31-6-12-36(13-7-31)58-28-35-25-32(41)27-48(35)38(50)24-29-2-8-33(9-3-29)45-40(52)46-34-10-4-30(5-11-34)26-43-37(49)14-16-54-18-20-56-22-23-57-21-19-55-17-15-44-47-42/h2-13,32,35H,14-28H2,1H3,(H,43,49)(H2,45,46,52)/t32-,35-/m0/s1. The second-order valence-corrected chi connectivity index (χ2v) is 12.9. The highest BCUT2D eigenvalue weighted by Gasteiger charge is 2.35. The molecule has 0 aromatic heterocycles. The van der Waals surface area contributed by atoms with Crippen LogP contribution in [0.4, 0.5) is 20.6 Å². The van der Waals surface area contributed by atoms with Gasteiger partial charge in [-0.1, -0.05) is 29.4 Å². The lowest BCUT2D eigenvalue weighted by Crippen LogP contribution is -2.40. The second-order valence-electron chi connectivity index (χ2n) is 12.9. The average Bonchev–Trinajstić information content (AvgIpc) is 3.62. The number of carbonyl (C=O) groups is 4. The van der Waals surface area contributed by atoms with Gasteiger partial charge >= 0.3 is 12.0 Å². The second kappa shape index (κ2) is 25.5. The Morgan fingerprint density at radius 3 is 1.95 bits per heavy atom. The summed E-state index contributed by atoms with van der Waals surface area (Å²) in [6.07, 6.45) is -0.735. The van der Waals surface area contributed by atoms with Gasteiger partial charge in [0.05, 0.1) is 84.5 Å². The van der Waals surface area contributed by atoms with E-state index in [2.05, 4.69) is 26.0 Å². The lowest BCUT2D eigenvalue weighted by Gasteiger charge is -2.24. The van der Waals surface area contributed by atoms with Crippen LogP contribution in [0.3, 0.4) is 0 Å². The Labute approximate surface area is 336 Å². The van der Waals surface area contributed by atoms with Crippen LogP contribution in [0.1, 0.15) is 34.3 Å². The van der Waals surface area contributed by atoms with E-state index in [1.165, 1.54) is 12.0 Å². The van der Waals surface area contributed by atoms with Gasteiger partial charge in [-0.15, -0.1) is 0 Å². The van der Waals surface area contributed by atoms with Crippen molar-refractivity contribution in [3.63, 3.8) is 0 Å². The van der Waals surface area contributed by atoms with Gasteiger partial charge in [0, 0.05) is 42.2 Å². The van der Waals surface area contributed by atoms with Crippen molar-refractivity contribution in [2.24, 2.45) is 5.11 Å². The first kappa shape index (κ1) is 44.9. The third-order valence-electron chi connectivity index (χ3n) is 8.66. The van der Waals surface area contributed by atoms with Gasteiger partial charge in [-0.3, -0.25) is 9.59 Å². The van der Waals surface area contributed by atoms with Crippen LogP contribution in [0, 0.1) is 0 Å². The largest absolute Gasteiger partial charge is 0.491 e. The molecule has 1 saturated heterocycles. The maximum Gasteiger partial charge on any atom is 0.337 e. The van der Waals surface area contributed by atoms with Crippen LogP contribution in [-0.4, -0.2) is 121 Å². The van der Waals surface area contributed by atoms with Crippen LogP contribution in [-0.2, 0) is 46.2 Å². The van der Waals surface area contributed by atoms with E-state index in [1.54, 1.807) is 72.8 Å². The van der Waals surface area contributed by atoms with E-state index in [0.29, 0.717) is 87.6 Å². The van der Waals surface area contributed by atoms with Gasteiger partial charge < -0.3 is 49.3 Å². The number of anilines is 2. The molecule has 4 amide bonds. The molecule has 0 saturated carbocycles. The fourth-order valence-corrected chi connectivity index (χ4v) is 5.67. The van der Waals surface area contributed by atoms with Crippen LogP contribution in [0.5, 0.6) is 5.75 Å². The smallest absolute Gasteiger partial charge is 0.337 e. The Morgan fingerprint density at radius 2 is 1.36 bits per heavy atom. The summed E-state index contributed by atoms with van der Waals surface area (Å²) in [6.45, 7) is 3.69. The monoisotopic (exact) mass is 807 g/mol. The number of ether oxygens (including phenoxy) is 6. The highest BCUT2D eigenvalue weighted by Crippen LogP contribution is 2.24. The summed E-state index contributed by atoms with van der Waals surface area (Å²) >= 11 is 0. The Kier molecular flexibility index (Phi) is 19.7. The number of likely N-dealkylation sites (tertiary alicyclic amines) is 1. The molecule has 3 aromatic rings. The van der Waals surface area contributed by atoms with Crippen molar-refractivity contribution in [3.05, 3.63) is 99.9 Å². The Morgan fingerprint density at radius 1 is 0.793 bits per heavy atom. The molecule has 0 spiro atoms. The van der Waals surface area contributed by atoms with Crippen molar-refractivity contribution in [1.29, 1.82) is 0 Å². The van der Waals surface area contributed by atoms with Crippen LogP contribution in [0.2, 0.25) is 0 Å². The number of esters is 1. The molecule has 1 fully saturated rings. The molecular formula is C40H50FN7O10. The van der Waals surface area contributed by atoms with Gasteiger partial charge in [-0.05, 0) is 65.2 Å².